The maximum absolute atomic E-state index is 12.7. The van der Waals surface area contributed by atoms with Crippen LogP contribution in [0, 0.1) is 13.8 Å². The predicted octanol–water partition coefficient (Wildman–Crippen LogP) is 2.62. The van der Waals surface area contributed by atoms with Crippen LogP contribution in [0.2, 0.25) is 0 Å². The number of anilines is 1. The summed E-state index contributed by atoms with van der Waals surface area (Å²) in [5.74, 6) is 0.556. The van der Waals surface area contributed by atoms with Crippen molar-refractivity contribution in [3.8, 4) is 5.88 Å². The molecule has 0 N–H and O–H groups in total. The fraction of sp³-hybridized carbons (Fsp3) is 0.409. The SMILES string of the molecule is Cc1ccc(N2CCN(CC(=O)N3CCC(Oc4cccc(C)n4)C3)C2=O)cc1. The van der Waals surface area contributed by atoms with Crippen molar-refractivity contribution in [1.82, 2.24) is 14.8 Å². The molecule has 3 heterocycles. The molecule has 7 heteroatoms. The van der Waals surface area contributed by atoms with E-state index in [0.717, 1.165) is 23.4 Å². The number of hydrogen-bond acceptors (Lipinski definition) is 4. The average molecular weight is 394 g/mol. The molecule has 0 saturated carbocycles. The lowest BCUT2D eigenvalue weighted by molar-refractivity contribution is -0.130. The van der Waals surface area contributed by atoms with Crippen LogP contribution in [-0.2, 0) is 4.79 Å². The average Bonchev–Trinajstić information content (AvgIpc) is 3.30. The third-order valence-electron chi connectivity index (χ3n) is 5.41. The number of ether oxygens (including phenoxy) is 1. The lowest BCUT2D eigenvalue weighted by Crippen LogP contribution is -2.42. The molecule has 3 amide bonds. The Bertz CT molecular complexity index is 899. The van der Waals surface area contributed by atoms with Crippen molar-refractivity contribution in [3.05, 3.63) is 53.7 Å². The summed E-state index contributed by atoms with van der Waals surface area (Å²) < 4.78 is 5.92. The summed E-state index contributed by atoms with van der Waals surface area (Å²) in [5, 5.41) is 0. The van der Waals surface area contributed by atoms with Crippen molar-refractivity contribution in [3.63, 3.8) is 0 Å². The van der Waals surface area contributed by atoms with Crippen LogP contribution >= 0.6 is 0 Å². The van der Waals surface area contributed by atoms with Gasteiger partial charge in [-0.1, -0.05) is 23.8 Å². The van der Waals surface area contributed by atoms with E-state index in [0.29, 0.717) is 32.1 Å². The van der Waals surface area contributed by atoms with Crippen LogP contribution in [0.15, 0.2) is 42.5 Å². The minimum Gasteiger partial charge on any atom is -0.472 e. The van der Waals surface area contributed by atoms with E-state index >= 15 is 0 Å². The molecule has 2 fully saturated rings. The highest BCUT2D eigenvalue weighted by Gasteiger charge is 2.34. The first-order valence-electron chi connectivity index (χ1n) is 10.0. The number of benzene rings is 1. The van der Waals surface area contributed by atoms with Gasteiger partial charge in [0.1, 0.15) is 12.6 Å². The molecule has 4 rings (SSSR count). The first-order chi connectivity index (χ1) is 14.0. The molecule has 0 aliphatic carbocycles. The molecule has 1 unspecified atom stereocenters. The van der Waals surface area contributed by atoms with Crippen molar-refractivity contribution in [2.45, 2.75) is 26.4 Å². The second-order valence-corrected chi connectivity index (χ2v) is 7.68. The summed E-state index contributed by atoms with van der Waals surface area (Å²) in [5.41, 5.74) is 2.93. The zero-order chi connectivity index (χ0) is 20.4. The topological polar surface area (TPSA) is 66.0 Å². The Kier molecular flexibility index (Phi) is 5.38. The Morgan fingerprint density at radius 1 is 1.10 bits per heavy atom. The third-order valence-corrected chi connectivity index (χ3v) is 5.41. The largest absolute Gasteiger partial charge is 0.472 e. The van der Waals surface area contributed by atoms with Crippen LogP contribution in [0.5, 0.6) is 5.88 Å². The van der Waals surface area contributed by atoms with Gasteiger partial charge in [-0.15, -0.1) is 0 Å². The van der Waals surface area contributed by atoms with E-state index in [2.05, 4.69) is 4.98 Å². The monoisotopic (exact) mass is 394 g/mol. The zero-order valence-corrected chi connectivity index (χ0v) is 16.9. The Hall–Kier alpha value is -3.09. The van der Waals surface area contributed by atoms with Crippen LogP contribution in [-0.4, -0.2) is 65.5 Å². The third kappa shape index (κ3) is 4.34. The van der Waals surface area contributed by atoms with Gasteiger partial charge in [-0.2, -0.15) is 0 Å². The first kappa shape index (κ1) is 19.2. The molecule has 1 aromatic carbocycles. The van der Waals surface area contributed by atoms with Crippen molar-refractivity contribution in [2.75, 3.05) is 37.6 Å². The van der Waals surface area contributed by atoms with Gasteiger partial charge in [0.05, 0.1) is 6.54 Å². The van der Waals surface area contributed by atoms with Crippen molar-refractivity contribution in [1.29, 1.82) is 0 Å². The maximum Gasteiger partial charge on any atom is 0.325 e. The maximum atomic E-state index is 12.7. The van der Waals surface area contributed by atoms with Crippen LogP contribution < -0.4 is 9.64 Å². The minimum absolute atomic E-state index is 0.0348. The number of carbonyl (C=O) groups is 2. The summed E-state index contributed by atoms with van der Waals surface area (Å²) in [6.45, 7) is 6.36. The molecule has 152 valence electrons. The molecule has 1 atom stereocenters. The normalized spacial score (nSPS) is 19.2. The van der Waals surface area contributed by atoms with E-state index in [1.54, 1.807) is 14.7 Å². The van der Waals surface area contributed by atoms with Gasteiger partial charge in [0, 0.05) is 43.5 Å². The van der Waals surface area contributed by atoms with Crippen LogP contribution in [0.3, 0.4) is 0 Å². The number of hydrogen-bond donors (Lipinski definition) is 0. The number of nitrogens with zero attached hydrogens (tertiary/aromatic N) is 4. The van der Waals surface area contributed by atoms with Gasteiger partial charge in [-0.05, 0) is 32.0 Å². The van der Waals surface area contributed by atoms with Crippen molar-refractivity contribution >= 4 is 17.6 Å². The molecule has 2 aromatic rings. The number of aromatic nitrogens is 1. The highest BCUT2D eigenvalue weighted by molar-refractivity contribution is 5.96. The van der Waals surface area contributed by atoms with Gasteiger partial charge < -0.3 is 14.5 Å². The van der Waals surface area contributed by atoms with Crippen LogP contribution in [0.1, 0.15) is 17.7 Å². The second kappa shape index (κ2) is 8.11. The fourth-order valence-electron chi connectivity index (χ4n) is 3.76. The molecule has 1 aromatic heterocycles. The van der Waals surface area contributed by atoms with Gasteiger partial charge in [0.2, 0.25) is 11.8 Å². The highest BCUT2D eigenvalue weighted by Crippen LogP contribution is 2.22. The number of urea groups is 1. The van der Waals surface area contributed by atoms with E-state index in [1.807, 2.05) is 56.3 Å². The molecule has 2 aliphatic heterocycles. The lowest BCUT2D eigenvalue weighted by atomic mass is 10.2. The van der Waals surface area contributed by atoms with Crippen LogP contribution in [0.4, 0.5) is 10.5 Å². The summed E-state index contributed by atoms with van der Waals surface area (Å²) >= 11 is 0. The number of carbonyl (C=O) groups excluding carboxylic acids is 2. The number of pyridine rings is 1. The second-order valence-electron chi connectivity index (χ2n) is 7.68. The Morgan fingerprint density at radius 3 is 2.66 bits per heavy atom. The van der Waals surface area contributed by atoms with E-state index < -0.39 is 0 Å². The fourth-order valence-corrected chi connectivity index (χ4v) is 3.76. The molecule has 0 bridgehead atoms. The summed E-state index contributed by atoms with van der Waals surface area (Å²) in [7, 11) is 0. The molecule has 29 heavy (non-hydrogen) atoms. The molecule has 2 saturated heterocycles. The summed E-state index contributed by atoms with van der Waals surface area (Å²) in [6, 6.07) is 13.4. The lowest BCUT2D eigenvalue weighted by Gasteiger charge is -2.22. The van der Waals surface area contributed by atoms with Gasteiger partial charge in [0.15, 0.2) is 0 Å². The first-order valence-corrected chi connectivity index (χ1v) is 10.0. The number of aryl methyl sites for hydroxylation is 2. The zero-order valence-electron chi connectivity index (χ0n) is 16.9. The van der Waals surface area contributed by atoms with E-state index in [9.17, 15) is 9.59 Å². The number of rotatable bonds is 5. The predicted molar refractivity (Wildman–Crippen MR) is 110 cm³/mol. The minimum atomic E-state index is -0.113. The molecule has 0 spiro atoms. The molecule has 2 aliphatic rings. The highest BCUT2D eigenvalue weighted by atomic mass is 16.5. The van der Waals surface area contributed by atoms with Gasteiger partial charge >= 0.3 is 6.03 Å². The molecule has 7 nitrogen and oxygen atoms in total. The van der Waals surface area contributed by atoms with E-state index in [1.165, 1.54) is 0 Å². The van der Waals surface area contributed by atoms with E-state index in [-0.39, 0.29) is 24.6 Å². The number of amides is 3. The Balaban J connectivity index is 1.30. The Morgan fingerprint density at radius 2 is 1.90 bits per heavy atom. The molecular weight excluding hydrogens is 368 g/mol. The van der Waals surface area contributed by atoms with Gasteiger partial charge in [-0.3, -0.25) is 9.69 Å². The standard InChI is InChI=1S/C22H26N4O3/c1-16-6-8-18(9-7-16)26-13-12-25(22(26)28)15-21(27)24-11-10-19(14-24)29-20-5-3-4-17(2)23-20/h3-9,19H,10-15H2,1-2H3. The molecular formula is C22H26N4O3. The quantitative estimate of drug-likeness (QED) is 0.782. The Labute approximate surface area is 170 Å². The van der Waals surface area contributed by atoms with Crippen LogP contribution in [0.25, 0.3) is 0 Å². The van der Waals surface area contributed by atoms with Crippen molar-refractivity contribution < 1.29 is 14.3 Å². The summed E-state index contributed by atoms with van der Waals surface area (Å²) in [4.78, 5) is 34.9. The number of likely N-dealkylation sites (tertiary alicyclic amines) is 1. The molecule has 0 radical (unpaired) electrons. The van der Waals surface area contributed by atoms with E-state index in [4.69, 9.17) is 4.74 Å². The smallest absolute Gasteiger partial charge is 0.325 e. The van der Waals surface area contributed by atoms with Gasteiger partial charge in [0.25, 0.3) is 0 Å². The summed E-state index contributed by atoms with van der Waals surface area (Å²) in [6.07, 6.45) is 0.705. The van der Waals surface area contributed by atoms with Gasteiger partial charge in [-0.25, -0.2) is 9.78 Å². The van der Waals surface area contributed by atoms with Crippen molar-refractivity contribution in [2.24, 2.45) is 0 Å².